The second-order valence-corrected chi connectivity index (χ2v) is 11.1. The van der Waals surface area contributed by atoms with Crippen LogP contribution in [0.1, 0.15) is 54.4 Å². The van der Waals surface area contributed by atoms with Crippen LogP contribution in [0.5, 0.6) is 0 Å². The Kier molecular flexibility index (Phi) is 12.2. The number of anilines is 2. The molecule has 0 fully saturated rings. The average Bonchev–Trinajstić information content (AvgIpc) is 3.49. The Labute approximate surface area is 282 Å². The maximum Gasteiger partial charge on any atom is 0.417 e. The van der Waals surface area contributed by atoms with Gasteiger partial charge in [0.05, 0.1) is 36.0 Å². The quantitative estimate of drug-likeness (QED) is 0.0903. The molecule has 17 heteroatoms. The van der Waals surface area contributed by atoms with Gasteiger partial charge >= 0.3 is 18.2 Å². The largest absolute Gasteiger partial charge is 0.467 e. The lowest BCUT2D eigenvalue weighted by molar-refractivity contribution is -0.141. The van der Waals surface area contributed by atoms with E-state index in [9.17, 15) is 37.2 Å². The molecule has 1 aliphatic heterocycles. The fourth-order valence-electron chi connectivity index (χ4n) is 5.07. The van der Waals surface area contributed by atoms with Gasteiger partial charge in [-0.3, -0.25) is 10.1 Å². The number of aromatic amines is 1. The summed E-state index contributed by atoms with van der Waals surface area (Å²) in [6, 6.07) is 6.30. The number of rotatable bonds is 8. The lowest BCUT2D eigenvalue weighted by atomic mass is 10.0. The number of imidazole rings is 1. The van der Waals surface area contributed by atoms with Crippen LogP contribution in [0, 0.1) is 17.1 Å². The smallest absolute Gasteiger partial charge is 0.417 e. The number of nitrogens with one attached hydrogen (secondary N) is 4. The van der Waals surface area contributed by atoms with Gasteiger partial charge in [0.25, 0.3) is 0 Å². The second-order valence-electron chi connectivity index (χ2n) is 10.7. The molecular formula is C32H31ClF4N6O6. The van der Waals surface area contributed by atoms with E-state index in [1.807, 2.05) is 6.07 Å². The van der Waals surface area contributed by atoms with Crippen LogP contribution in [0.25, 0.3) is 17.3 Å². The van der Waals surface area contributed by atoms with E-state index >= 15 is 0 Å². The molecule has 0 saturated carbocycles. The highest BCUT2D eigenvalue weighted by Gasteiger charge is 2.34. The third kappa shape index (κ3) is 9.27. The molecule has 2 amide bonds. The molecule has 2 atom stereocenters. The first-order chi connectivity index (χ1) is 23.4. The van der Waals surface area contributed by atoms with Gasteiger partial charge < -0.3 is 29.8 Å². The Bertz CT molecular complexity index is 1770. The first-order valence-corrected chi connectivity index (χ1v) is 15.2. The summed E-state index contributed by atoms with van der Waals surface area (Å²) >= 11 is 5.70. The van der Waals surface area contributed by atoms with E-state index in [-0.39, 0.29) is 43.3 Å². The Morgan fingerprint density at radius 3 is 2.59 bits per heavy atom. The molecule has 2 aromatic carbocycles. The number of esters is 1. The van der Waals surface area contributed by atoms with E-state index in [1.54, 1.807) is 6.07 Å². The zero-order valence-corrected chi connectivity index (χ0v) is 26.9. The summed E-state index contributed by atoms with van der Waals surface area (Å²) in [5.74, 6) is -2.62. The third-order valence-corrected chi connectivity index (χ3v) is 7.71. The molecule has 0 saturated heterocycles. The number of aromatic nitrogens is 2. The maximum absolute atomic E-state index is 14.6. The molecule has 260 valence electrons. The van der Waals surface area contributed by atoms with E-state index in [2.05, 4.69) is 25.9 Å². The van der Waals surface area contributed by atoms with Crippen molar-refractivity contribution in [2.45, 2.75) is 43.9 Å². The molecule has 3 aromatic rings. The van der Waals surface area contributed by atoms with Crippen molar-refractivity contribution in [3.05, 3.63) is 69.9 Å². The minimum atomic E-state index is -4.91. The van der Waals surface area contributed by atoms with Crippen molar-refractivity contribution in [1.29, 1.82) is 5.26 Å². The summed E-state index contributed by atoms with van der Waals surface area (Å²) in [5, 5.41) is 17.8. The van der Waals surface area contributed by atoms with Crippen LogP contribution < -0.4 is 16.0 Å². The number of ether oxygens (including phenoxy) is 3. The Hall–Kier alpha value is -5.14. The van der Waals surface area contributed by atoms with Gasteiger partial charge in [-0.1, -0.05) is 24.4 Å². The van der Waals surface area contributed by atoms with Crippen LogP contribution in [-0.2, 0) is 30.0 Å². The number of alkyl halides is 3. The molecule has 4 N–H and O–H groups in total. The van der Waals surface area contributed by atoms with E-state index < -0.39 is 58.2 Å². The van der Waals surface area contributed by atoms with Gasteiger partial charge in [0, 0.05) is 35.7 Å². The molecule has 0 radical (unpaired) electrons. The summed E-state index contributed by atoms with van der Waals surface area (Å²) in [6.07, 6.45) is -2.85. The Morgan fingerprint density at radius 2 is 1.90 bits per heavy atom. The monoisotopic (exact) mass is 706 g/mol. The van der Waals surface area contributed by atoms with Crippen LogP contribution in [0.4, 0.5) is 33.7 Å². The van der Waals surface area contributed by atoms with Crippen molar-refractivity contribution in [3.63, 3.8) is 0 Å². The Morgan fingerprint density at radius 1 is 1.14 bits per heavy atom. The van der Waals surface area contributed by atoms with Gasteiger partial charge in [-0.15, -0.1) is 0 Å². The van der Waals surface area contributed by atoms with Crippen molar-refractivity contribution in [2.24, 2.45) is 0 Å². The summed E-state index contributed by atoms with van der Waals surface area (Å²) < 4.78 is 70.1. The standard InChI is InChI=1S/C32H31ClF4N6O6/c1-47-13-14-49-31(46)39-17-7-8-19-24(15-17)40-23(30(45)48-2)6-4-3-5-22(29-42-25(16-38)28(19)43-29)41-26(44)12-9-18-20(32(35,36)37)10-11-21(33)27(18)34/h7-12,15,22-23,40H,3-6,13-14H2,1-2H3,(H,39,46)(H,41,44)(H,42,43)/b12-9+/t22-,23+/m0/s1. The SMILES string of the molecule is COCCOC(=O)Nc1ccc2c(c1)N[C@@H](C(=O)OC)CCCC[C@H](NC(=O)/C=C/c1c(C(F)(F)F)ccc(Cl)c1F)c1nc(C#N)c-2[nH]1. The number of carbonyl (C=O) groups excluding carboxylic acids is 3. The molecule has 0 unspecified atom stereocenters. The summed E-state index contributed by atoms with van der Waals surface area (Å²) in [7, 11) is 2.69. The number of nitriles is 1. The topological polar surface area (TPSA) is 167 Å². The number of nitrogens with zero attached hydrogens (tertiary/aromatic N) is 2. The van der Waals surface area contributed by atoms with Crippen LogP contribution >= 0.6 is 11.6 Å². The molecule has 0 spiro atoms. The molecule has 12 nitrogen and oxygen atoms in total. The highest BCUT2D eigenvalue weighted by Crippen LogP contribution is 2.37. The third-order valence-electron chi connectivity index (χ3n) is 7.42. The fraction of sp³-hybridized carbons (Fsp3) is 0.344. The number of hydrogen-bond donors (Lipinski definition) is 4. The molecule has 1 aliphatic rings. The van der Waals surface area contributed by atoms with Crippen molar-refractivity contribution in [2.75, 3.05) is 38.1 Å². The minimum absolute atomic E-state index is 0.0119. The number of halogens is 5. The van der Waals surface area contributed by atoms with Crippen molar-refractivity contribution in [3.8, 4) is 17.3 Å². The zero-order chi connectivity index (χ0) is 35.7. The normalized spacial score (nSPS) is 16.3. The molecule has 1 aromatic heterocycles. The fourth-order valence-corrected chi connectivity index (χ4v) is 5.24. The summed E-state index contributed by atoms with van der Waals surface area (Å²) in [4.78, 5) is 45.5. The number of fused-ring (bicyclic) bond motifs is 4. The highest BCUT2D eigenvalue weighted by atomic mass is 35.5. The van der Waals surface area contributed by atoms with Gasteiger partial charge in [0.2, 0.25) is 5.91 Å². The highest BCUT2D eigenvalue weighted by molar-refractivity contribution is 6.31. The summed E-state index contributed by atoms with van der Waals surface area (Å²) in [6.45, 7) is 0.203. The first-order valence-electron chi connectivity index (χ1n) is 14.8. The zero-order valence-electron chi connectivity index (χ0n) is 26.2. The van der Waals surface area contributed by atoms with Gasteiger partial charge in [-0.25, -0.2) is 19.0 Å². The van der Waals surface area contributed by atoms with Crippen molar-refractivity contribution in [1.82, 2.24) is 15.3 Å². The molecule has 2 bridgehead atoms. The second kappa shape index (κ2) is 16.3. The van der Waals surface area contributed by atoms with E-state index in [0.717, 1.165) is 12.1 Å². The number of methoxy groups -OCH3 is 2. The lowest BCUT2D eigenvalue weighted by Gasteiger charge is -2.22. The van der Waals surface area contributed by atoms with E-state index in [4.69, 9.17) is 25.8 Å². The average molecular weight is 707 g/mol. The van der Waals surface area contributed by atoms with Gasteiger partial charge in [-0.05, 0) is 49.2 Å². The predicted octanol–water partition coefficient (Wildman–Crippen LogP) is 6.35. The summed E-state index contributed by atoms with van der Waals surface area (Å²) in [5.41, 5.74) is -1.08. The van der Waals surface area contributed by atoms with E-state index in [0.29, 0.717) is 41.9 Å². The maximum atomic E-state index is 14.6. The lowest BCUT2D eigenvalue weighted by Crippen LogP contribution is -2.31. The van der Waals surface area contributed by atoms with Gasteiger partial charge in [0.1, 0.15) is 30.4 Å². The number of amides is 2. The van der Waals surface area contributed by atoms with Crippen molar-refractivity contribution >= 4 is 47.0 Å². The number of H-pyrrole nitrogens is 1. The molecule has 2 heterocycles. The number of carbonyl (C=O) groups is 3. The molecular weight excluding hydrogens is 676 g/mol. The molecule has 4 rings (SSSR count). The van der Waals surface area contributed by atoms with Crippen LogP contribution in [-0.4, -0.2) is 61.4 Å². The number of benzene rings is 2. The van der Waals surface area contributed by atoms with Gasteiger partial charge in [0.15, 0.2) is 5.69 Å². The van der Waals surface area contributed by atoms with E-state index in [1.165, 1.54) is 26.4 Å². The number of hydrogen-bond acceptors (Lipinski definition) is 9. The molecule has 49 heavy (non-hydrogen) atoms. The minimum Gasteiger partial charge on any atom is -0.467 e. The first kappa shape index (κ1) is 36.7. The van der Waals surface area contributed by atoms with Crippen LogP contribution in [0.3, 0.4) is 0 Å². The molecule has 0 aliphatic carbocycles. The van der Waals surface area contributed by atoms with Crippen molar-refractivity contribution < 1.29 is 46.2 Å². The van der Waals surface area contributed by atoms with Gasteiger partial charge in [-0.2, -0.15) is 18.4 Å². The van der Waals surface area contributed by atoms with Crippen LogP contribution in [0.15, 0.2) is 36.4 Å². The Balaban J connectivity index is 1.69. The predicted molar refractivity (Wildman–Crippen MR) is 170 cm³/mol. The van der Waals surface area contributed by atoms with Crippen LogP contribution in [0.2, 0.25) is 5.02 Å².